The second-order valence-corrected chi connectivity index (χ2v) is 7.14. The quantitative estimate of drug-likeness (QED) is 0.383. The summed E-state index contributed by atoms with van der Waals surface area (Å²) in [5.74, 6) is 0. The minimum absolute atomic E-state index is 0.821. The van der Waals surface area contributed by atoms with E-state index in [0.29, 0.717) is 0 Å². The van der Waals surface area contributed by atoms with Crippen LogP contribution in [0.2, 0.25) is 0 Å². The number of rotatable bonds is 8. The smallest absolute Gasteiger partial charge is 0.0314 e. The van der Waals surface area contributed by atoms with Crippen LogP contribution in [0.25, 0.3) is 0 Å². The molecule has 1 heteroatoms. The zero-order valence-corrected chi connectivity index (χ0v) is 15.7. The lowest BCUT2D eigenvalue weighted by Gasteiger charge is -2.10. The van der Waals surface area contributed by atoms with E-state index in [0.717, 1.165) is 18.5 Å². The molecule has 0 spiro atoms. The first-order chi connectivity index (χ1) is 12.7. The van der Waals surface area contributed by atoms with Crippen molar-refractivity contribution in [2.24, 2.45) is 0 Å². The molecule has 134 valence electrons. The van der Waals surface area contributed by atoms with Crippen LogP contribution in [0.4, 0.5) is 5.69 Å². The van der Waals surface area contributed by atoms with E-state index in [9.17, 15) is 0 Å². The monoisotopic (exact) mass is 343 g/mol. The van der Waals surface area contributed by atoms with Crippen molar-refractivity contribution in [3.8, 4) is 0 Å². The van der Waals surface area contributed by atoms with Crippen LogP contribution in [0.3, 0.4) is 0 Å². The van der Waals surface area contributed by atoms with Gasteiger partial charge in [0, 0.05) is 5.69 Å². The molecule has 0 unspecified atom stereocenters. The second kappa shape index (κ2) is 9.24. The van der Waals surface area contributed by atoms with Gasteiger partial charge in [-0.25, -0.2) is 0 Å². The molecular formula is C25H29N. The topological polar surface area (TPSA) is 26.0 Å². The highest BCUT2D eigenvalue weighted by Crippen LogP contribution is 2.19. The molecule has 2 N–H and O–H groups in total. The van der Waals surface area contributed by atoms with Gasteiger partial charge in [-0.2, -0.15) is 0 Å². The van der Waals surface area contributed by atoms with Crippen molar-refractivity contribution in [3.05, 3.63) is 101 Å². The maximum Gasteiger partial charge on any atom is 0.0314 e. The average molecular weight is 344 g/mol. The lowest BCUT2D eigenvalue weighted by Crippen LogP contribution is -1.97. The van der Waals surface area contributed by atoms with Gasteiger partial charge in [-0.15, -0.1) is 0 Å². The summed E-state index contributed by atoms with van der Waals surface area (Å²) in [6.45, 7) is 2.26. The van der Waals surface area contributed by atoms with Crippen molar-refractivity contribution in [1.82, 2.24) is 0 Å². The van der Waals surface area contributed by atoms with E-state index in [2.05, 4.69) is 67.6 Å². The zero-order chi connectivity index (χ0) is 18.2. The van der Waals surface area contributed by atoms with Gasteiger partial charge < -0.3 is 5.73 Å². The first-order valence-electron chi connectivity index (χ1n) is 9.73. The van der Waals surface area contributed by atoms with E-state index >= 15 is 0 Å². The number of hydrogen-bond acceptors (Lipinski definition) is 1. The maximum absolute atomic E-state index is 5.76. The van der Waals surface area contributed by atoms with Gasteiger partial charge >= 0.3 is 0 Å². The summed E-state index contributed by atoms with van der Waals surface area (Å²) in [5.41, 5.74) is 13.6. The molecule has 0 aliphatic carbocycles. The SMILES string of the molecule is CCCCCc1ccccc1Cc1ccc(Cc2ccc(N)cc2)cc1. The molecule has 0 aliphatic heterocycles. The second-order valence-electron chi connectivity index (χ2n) is 7.14. The molecule has 0 atom stereocenters. The Morgan fingerprint density at radius 1 is 0.615 bits per heavy atom. The lowest BCUT2D eigenvalue weighted by molar-refractivity contribution is 0.714. The summed E-state index contributed by atoms with van der Waals surface area (Å²) in [4.78, 5) is 0. The Morgan fingerprint density at radius 2 is 1.15 bits per heavy atom. The highest BCUT2D eigenvalue weighted by molar-refractivity contribution is 5.41. The van der Waals surface area contributed by atoms with Gasteiger partial charge in [0.2, 0.25) is 0 Å². The van der Waals surface area contributed by atoms with Crippen LogP contribution in [0.1, 0.15) is 54.0 Å². The van der Waals surface area contributed by atoms with E-state index in [4.69, 9.17) is 5.73 Å². The van der Waals surface area contributed by atoms with Crippen molar-refractivity contribution >= 4 is 5.69 Å². The first-order valence-corrected chi connectivity index (χ1v) is 9.73. The standard InChI is InChI=1S/C25H29N/c1-2-3-4-7-23-8-5-6-9-24(23)19-22-12-10-20(11-13-22)18-21-14-16-25(26)17-15-21/h5-6,8-17H,2-4,7,18-19,26H2,1H3. The molecule has 0 bridgehead atoms. The Bertz CT molecular complexity index is 800. The van der Waals surface area contributed by atoms with Crippen LogP contribution in [0.5, 0.6) is 0 Å². The van der Waals surface area contributed by atoms with Crippen LogP contribution >= 0.6 is 0 Å². The van der Waals surface area contributed by atoms with Crippen molar-refractivity contribution in [2.75, 3.05) is 5.73 Å². The Labute approximate surface area is 157 Å². The largest absolute Gasteiger partial charge is 0.399 e. The van der Waals surface area contributed by atoms with Gasteiger partial charge in [-0.1, -0.05) is 80.4 Å². The van der Waals surface area contributed by atoms with Gasteiger partial charge in [0.05, 0.1) is 0 Å². The fourth-order valence-electron chi connectivity index (χ4n) is 3.41. The maximum atomic E-state index is 5.76. The van der Waals surface area contributed by atoms with Crippen LogP contribution < -0.4 is 5.73 Å². The van der Waals surface area contributed by atoms with Crippen molar-refractivity contribution in [3.63, 3.8) is 0 Å². The summed E-state index contributed by atoms with van der Waals surface area (Å²) in [6, 6.07) is 26.1. The minimum Gasteiger partial charge on any atom is -0.399 e. The highest BCUT2D eigenvalue weighted by Gasteiger charge is 2.04. The first kappa shape index (κ1) is 18.3. The Morgan fingerprint density at radius 3 is 1.77 bits per heavy atom. The molecule has 1 nitrogen and oxygen atoms in total. The summed E-state index contributed by atoms with van der Waals surface area (Å²) in [6.07, 6.45) is 7.04. The third-order valence-electron chi connectivity index (χ3n) is 4.97. The number of nitrogens with two attached hydrogens (primary N) is 1. The van der Waals surface area contributed by atoms with Crippen LogP contribution in [0.15, 0.2) is 72.8 Å². The van der Waals surface area contributed by atoms with E-state index in [-0.39, 0.29) is 0 Å². The molecule has 3 aromatic rings. The molecule has 0 saturated heterocycles. The van der Waals surface area contributed by atoms with Crippen molar-refractivity contribution in [1.29, 1.82) is 0 Å². The van der Waals surface area contributed by atoms with Gasteiger partial charge in [-0.05, 0) is 65.6 Å². The minimum atomic E-state index is 0.821. The van der Waals surface area contributed by atoms with Gasteiger partial charge in [0.25, 0.3) is 0 Å². The fraction of sp³-hybridized carbons (Fsp3) is 0.280. The summed E-state index contributed by atoms with van der Waals surface area (Å²) in [7, 11) is 0. The van der Waals surface area contributed by atoms with Gasteiger partial charge in [-0.3, -0.25) is 0 Å². The molecule has 0 amide bonds. The third kappa shape index (κ3) is 5.23. The Hall–Kier alpha value is -2.54. The van der Waals surface area contributed by atoms with Crippen LogP contribution in [-0.2, 0) is 19.3 Å². The lowest BCUT2D eigenvalue weighted by atomic mass is 9.95. The summed E-state index contributed by atoms with van der Waals surface area (Å²) < 4.78 is 0. The molecule has 0 radical (unpaired) electrons. The number of aryl methyl sites for hydroxylation is 1. The predicted molar refractivity (Wildman–Crippen MR) is 113 cm³/mol. The molecule has 0 aromatic heterocycles. The molecule has 26 heavy (non-hydrogen) atoms. The Kier molecular flexibility index (Phi) is 6.49. The number of unbranched alkanes of at least 4 members (excludes halogenated alkanes) is 2. The molecule has 0 fully saturated rings. The number of anilines is 1. The van der Waals surface area contributed by atoms with Crippen LogP contribution in [0, 0.1) is 0 Å². The molecule has 0 heterocycles. The van der Waals surface area contributed by atoms with Gasteiger partial charge in [0.15, 0.2) is 0 Å². The number of nitrogen functional groups attached to an aromatic ring is 1. The fourth-order valence-corrected chi connectivity index (χ4v) is 3.41. The van der Waals surface area contributed by atoms with Crippen molar-refractivity contribution < 1.29 is 0 Å². The van der Waals surface area contributed by atoms with E-state index < -0.39 is 0 Å². The van der Waals surface area contributed by atoms with E-state index in [1.807, 2.05) is 12.1 Å². The average Bonchev–Trinajstić information content (AvgIpc) is 2.67. The molecular weight excluding hydrogens is 314 g/mol. The third-order valence-corrected chi connectivity index (χ3v) is 4.97. The van der Waals surface area contributed by atoms with Crippen LogP contribution in [-0.4, -0.2) is 0 Å². The predicted octanol–water partition coefficient (Wildman–Crippen LogP) is 6.18. The Balaban J connectivity index is 1.65. The molecule has 3 aromatic carbocycles. The molecule has 0 aliphatic rings. The zero-order valence-electron chi connectivity index (χ0n) is 15.7. The summed E-state index contributed by atoms with van der Waals surface area (Å²) >= 11 is 0. The summed E-state index contributed by atoms with van der Waals surface area (Å²) in [5, 5.41) is 0. The highest BCUT2D eigenvalue weighted by atomic mass is 14.5. The normalized spacial score (nSPS) is 10.8. The van der Waals surface area contributed by atoms with E-state index in [1.165, 1.54) is 53.5 Å². The number of hydrogen-bond donors (Lipinski definition) is 1. The molecule has 0 saturated carbocycles. The van der Waals surface area contributed by atoms with E-state index in [1.54, 1.807) is 0 Å². The number of benzene rings is 3. The molecule has 3 rings (SSSR count). The van der Waals surface area contributed by atoms with Crippen molar-refractivity contribution in [2.45, 2.75) is 45.4 Å². The van der Waals surface area contributed by atoms with Gasteiger partial charge in [0.1, 0.15) is 0 Å².